The highest BCUT2D eigenvalue weighted by Crippen LogP contribution is 2.27. The fourth-order valence-corrected chi connectivity index (χ4v) is 3.47. The van der Waals surface area contributed by atoms with Crippen LogP contribution < -0.4 is 4.72 Å². The highest BCUT2D eigenvalue weighted by molar-refractivity contribution is 7.89. The van der Waals surface area contributed by atoms with Gasteiger partial charge in [-0.05, 0) is 37.5 Å². The molecule has 0 aromatic rings. The summed E-state index contributed by atoms with van der Waals surface area (Å²) in [6.45, 7) is 2.92. The van der Waals surface area contributed by atoms with E-state index in [1.165, 1.54) is 12.8 Å². The number of hydrogen-bond acceptors (Lipinski definition) is 3. The summed E-state index contributed by atoms with van der Waals surface area (Å²) in [5.74, 6) is 1.45. The van der Waals surface area contributed by atoms with Gasteiger partial charge in [-0.25, -0.2) is 13.1 Å². The molecule has 0 atom stereocenters. The zero-order valence-corrected chi connectivity index (χ0v) is 11.5. The molecule has 5 heteroatoms. The number of sulfonamides is 1. The van der Waals surface area contributed by atoms with Gasteiger partial charge in [0.1, 0.15) is 0 Å². The Kier molecular flexibility index (Phi) is 6.44. The second-order valence-corrected chi connectivity index (χ2v) is 7.15. The Morgan fingerprint density at radius 3 is 2.41 bits per heavy atom. The number of aliphatic hydroxyl groups excluding tert-OH is 1. The molecule has 0 heterocycles. The zero-order valence-electron chi connectivity index (χ0n) is 10.7. The Hall–Kier alpha value is -0.130. The second kappa shape index (κ2) is 7.34. The van der Waals surface area contributed by atoms with E-state index in [9.17, 15) is 8.42 Å². The highest BCUT2D eigenvalue weighted by atomic mass is 32.2. The van der Waals surface area contributed by atoms with Gasteiger partial charge < -0.3 is 5.11 Å². The standard InChI is InChI=1S/C12H25NO3S/c1-11-4-6-12(7-5-11)10-13-17(15,16)9-3-2-8-14/h11-14H,2-10H2,1H3. The lowest BCUT2D eigenvalue weighted by atomic mass is 9.83. The van der Waals surface area contributed by atoms with Gasteiger partial charge in [-0.1, -0.05) is 19.8 Å². The molecule has 2 N–H and O–H groups in total. The molecule has 102 valence electrons. The number of rotatable bonds is 7. The summed E-state index contributed by atoms with van der Waals surface area (Å²) in [7, 11) is -3.13. The topological polar surface area (TPSA) is 66.4 Å². The molecule has 1 fully saturated rings. The molecular formula is C12H25NO3S. The Morgan fingerprint density at radius 2 is 1.82 bits per heavy atom. The molecule has 1 saturated carbocycles. The third-order valence-corrected chi connectivity index (χ3v) is 4.98. The van der Waals surface area contributed by atoms with Crippen molar-refractivity contribution in [3.8, 4) is 0 Å². The van der Waals surface area contributed by atoms with Crippen LogP contribution in [0, 0.1) is 11.8 Å². The van der Waals surface area contributed by atoms with E-state index in [1.807, 2.05) is 0 Å². The minimum absolute atomic E-state index is 0.0655. The first-order chi connectivity index (χ1) is 8.03. The van der Waals surface area contributed by atoms with E-state index in [4.69, 9.17) is 5.11 Å². The molecule has 0 spiro atoms. The van der Waals surface area contributed by atoms with E-state index in [0.29, 0.717) is 25.3 Å². The quantitative estimate of drug-likeness (QED) is 0.684. The van der Waals surface area contributed by atoms with Crippen LogP contribution in [-0.4, -0.2) is 32.4 Å². The summed E-state index contributed by atoms with van der Waals surface area (Å²) in [5.41, 5.74) is 0. The SMILES string of the molecule is CC1CCC(CNS(=O)(=O)CCCCO)CC1. The molecule has 1 aliphatic carbocycles. The lowest BCUT2D eigenvalue weighted by molar-refractivity contribution is 0.286. The van der Waals surface area contributed by atoms with Gasteiger partial charge in [0.05, 0.1) is 5.75 Å². The summed E-state index contributed by atoms with van der Waals surface area (Å²) in [6, 6.07) is 0. The van der Waals surface area contributed by atoms with Crippen molar-refractivity contribution in [2.75, 3.05) is 18.9 Å². The molecule has 4 nitrogen and oxygen atoms in total. The molecule has 0 unspecified atom stereocenters. The van der Waals surface area contributed by atoms with E-state index in [1.54, 1.807) is 0 Å². The largest absolute Gasteiger partial charge is 0.396 e. The lowest BCUT2D eigenvalue weighted by Gasteiger charge is -2.26. The predicted molar refractivity (Wildman–Crippen MR) is 69.2 cm³/mol. The molecule has 0 aromatic carbocycles. The van der Waals surface area contributed by atoms with Crippen molar-refractivity contribution in [1.29, 1.82) is 0 Å². The Labute approximate surface area is 105 Å². The van der Waals surface area contributed by atoms with E-state index < -0.39 is 10.0 Å². The minimum atomic E-state index is -3.13. The number of nitrogens with one attached hydrogen (secondary N) is 1. The maximum Gasteiger partial charge on any atom is 0.211 e. The van der Waals surface area contributed by atoms with Gasteiger partial charge in [-0.3, -0.25) is 0 Å². The molecule has 17 heavy (non-hydrogen) atoms. The number of aliphatic hydroxyl groups is 1. The monoisotopic (exact) mass is 263 g/mol. The predicted octanol–water partition coefficient (Wildman–Crippen LogP) is 1.50. The van der Waals surface area contributed by atoms with E-state index >= 15 is 0 Å². The van der Waals surface area contributed by atoms with Crippen molar-refractivity contribution >= 4 is 10.0 Å². The van der Waals surface area contributed by atoms with Gasteiger partial charge in [0, 0.05) is 13.2 Å². The van der Waals surface area contributed by atoms with E-state index in [2.05, 4.69) is 11.6 Å². The van der Waals surface area contributed by atoms with Crippen LogP contribution in [0.3, 0.4) is 0 Å². The van der Waals surface area contributed by atoms with Crippen molar-refractivity contribution in [2.24, 2.45) is 11.8 Å². The van der Waals surface area contributed by atoms with Crippen molar-refractivity contribution < 1.29 is 13.5 Å². The molecule has 0 bridgehead atoms. The van der Waals surface area contributed by atoms with Gasteiger partial charge in [0.2, 0.25) is 10.0 Å². The Balaban J connectivity index is 2.20. The summed E-state index contributed by atoms with van der Waals surface area (Å²) in [6.07, 6.45) is 5.81. The highest BCUT2D eigenvalue weighted by Gasteiger charge is 2.20. The van der Waals surface area contributed by atoms with Gasteiger partial charge in [-0.15, -0.1) is 0 Å². The molecule has 0 amide bonds. The first kappa shape index (κ1) is 14.9. The van der Waals surface area contributed by atoms with Crippen LogP contribution >= 0.6 is 0 Å². The Bertz CT molecular complexity index is 295. The lowest BCUT2D eigenvalue weighted by Crippen LogP contribution is -2.32. The van der Waals surface area contributed by atoms with E-state index in [-0.39, 0.29) is 12.4 Å². The summed E-state index contributed by atoms with van der Waals surface area (Å²) >= 11 is 0. The van der Waals surface area contributed by atoms with Crippen LogP contribution in [0.2, 0.25) is 0 Å². The number of hydrogen-bond donors (Lipinski definition) is 2. The number of unbranched alkanes of at least 4 members (excludes halogenated alkanes) is 1. The minimum Gasteiger partial charge on any atom is -0.396 e. The maximum atomic E-state index is 11.6. The Morgan fingerprint density at radius 1 is 1.18 bits per heavy atom. The van der Waals surface area contributed by atoms with Crippen LogP contribution in [0.15, 0.2) is 0 Å². The summed E-state index contributed by atoms with van der Waals surface area (Å²) < 4.78 is 25.9. The van der Waals surface area contributed by atoms with Gasteiger partial charge in [0.25, 0.3) is 0 Å². The van der Waals surface area contributed by atoms with Crippen LogP contribution in [0.5, 0.6) is 0 Å². The van der Waals surface area contributed by atoms with Gasteiger partial charge in [0.15, 0.2) is 0 Å². The summed E-state index contributed by atoms with van der Waals surface area (Å²) in [4.78, 5) is 0. The molecule has 1 rings (SSSR count). The molecular weight excluding hydrogens is 238 g/mol. The first-order valence-corrected chi connectivity index (χ1v) is 8.27. The van der Waals surface area contributed by atoms with Crippen LogP contribution in [0.1, 0.15) is 45.4 Å². The third kappa shape index (κ3) is 6.38. The molecule has 0 aromatic heterocycles. The fraction of sp³-hybridized carbons (Fsp3) is 1.00. The van der Waals surface area contributed by atoms with Gasteiger partial charge in [-0.2, -0.15) is 0 Å². The van der Waals surface area contributed by atoms with Crippen molar-refractivity contribution in [1.82, 2.24) is 4.72 Å². The van der Waals surface area contributed by atoms with Gasteiger partial charge >= 0.3 is 0 Å². The second-order valence-electron chi connectivity index (χ2n) is 5.22. The fourth-order valence-electron chi connectivity index (χ4n) is 2.25. The van der Waals surface area contributed by atoms with Crippen molar-refractivity contribution in [2.45, 2.75) is 45.4 Å². The van der Waals surface area contributed by atoms with Crippen molar-refractivity contribution in [3.63, 3.8) is 0 Å². The van der Waals surface area contributed by atoms with Crippen LogP contribution in [-0.2, 0) is 10.0 Å². The average Bonchev–Trinajstić information content (AvgIpc) is 2.29. The smallest absolute Gasteiger partial charge is 0.211 e. The molecule has 0 radical (unpaired) electrons. The molecule has 0 saturated heterocycles. The van der Waals surface area contributed by atoms with Crippen LogP contribution in [0.25, 0.3) is 0 Å². The van der Waals surface area contributed by atoms with E-state index in [0.717, 1.165) is 18.8 Å². The molecule has 0 aliphatic heterocycles. The first-order valence-electron chi connectivity index (χ1n) is 6.61. The molecule has 1 aliphatic rings. The normalized spacial score (nSPS) is 26.0. The summed E-state index contributed by atoms with van der Waals surface area (Å²) in [5, 5.41) is 8.61. The zero-order chi connectivity index (χ0) is 12.7. The van der Waals surface area contributed by atoms with Crippen LogP contribution in [0.4, 0.5) is 0 Å². The maximum absolute atomic E-state index is 11.6. The average molecular weight is 263 g/mol. The third-order valence-electron chi connectivity index (χ3n) is 3.55. The van der Waals surface area contributed by atoms with Crippen molar-refractivity contribution in [3.05, 3.63) is 0 Å².